The van der Waals surface area contributed by atoms with Gasteiger partial charge in [-0.3, -0.25) is 0 Å². The van der Waals surface area contributed by atoms with E-state index in [2.05, 4.69) is 15.2 Å². The number of nitrogens with zero attached hydrogens (tertiary/aromatic N) is 5. The van der Waals surface area contributed by atoms with Crippen LogP contribution in [0, 0.1) is 5.82 Å². The fourth-order valence-corrected chi connectivity index (χ4v) is 2.23. The van der Waals surface area contributed by atoms with Crippen LogP contribution in [0.2, 0.25) is 5.15 Å². The monoisotopic (exact) mass is 372 g/mol. The largest absolute Gasteiger partial charge is 0.444 e. The van der Waals surface area contributed by atoms with E-state index in [4.69, 9.17) is 20.5 Å². The van der Waals surface area contributed by atoms with E-state index in [1.165, 1.54) is 24.2 Å². The number of carbonyl (C=O) groups is 1. The quantitative estimate of drug-likeness (QED) is 0.769. The van der Waals surface area contributed by atoms with Crippen LogP contribution >= 0.6 is 11.6 Å². The van der Waals surface area contributed by atoms with Gasteiger partial charge in [0, 0.05) is 29.9 Å². The molecular formula is C16H21ClFN5O2. The molecule has 0 aliphatic rings. The van der Waals surface area contributed by atoms with Crippen LogP contribution in [0.4, 0.5) is 9.18 Å². The van der Waals surface area contributed by atoms with Gasteiger partial charge >= 0.3 is 6.09 Å². The molecule has 1 amide bonds. The SMILES string of the molecule is [2H]C([2H])([2H])n1nc(-c2ccnc(Cl)c2F)c(C(C)N(C)C(=O)OC(C)(C)C)n1. The van der Waals surface area contributed by atoms with E-state index < -0.39 is 30.5 Å². The van der Waals surface area contributed by atoms with Crippen LogP contribution < -0.4 is 0 Å². The zero-order valence-electron chi connectivity index (χ0n) is 17.5. The maximum absolute atomic E-state index is 14.5. The minimum atomic E-state index is -2.69. The number of ether oxygens (including phenoxy) is 1. The van der Waals surface area contributed by atoms with E-state index in [-0.39, 0.29) is 22.1 Å². The van der Waals surface area contributed by atoms with Gasteiger partial charge in [-0.1, -0.05) is 11.6 Å². The van der Waals surface area contributed by atoms with Crippen LogP contribution in [0.15, 0.2) is 12.3 Å². The molecule has 2 aromatic rings. The van der Waals surface area contributed by atoms with E-state index in [1.54, 1.807) is 27.7 Å². The maximum Gasteiger partial charge on any atom is 0.410 e. The highest BCUT2D eigenvalue weighted by Gasteiger charge is 2.29. The van der Waals surface area contributed by atoms with Crippen molar-refractivity contribution in [3.63, 3.8) is 0 Å². The van der Waals surface area contributed by atoms with Crippen molar-refractivity contribution < 1.29 is 18.0 Å². The van der Waals surface area contributed by atoms with Gasteiger partial charge in [0.1, 0.15) is 17.0 Å². The predicted molar refractivity (Wildman–Crippen MR) is 91.6 cm³/mol. The highest BCUT2D eigenvalue weighted by atomic mass is 35.5. The fourth-order valence-electron chi connectivity index (χ4n) is 2.07. The van der Waals surface area contributed by atoms with E-state index in [9.17, 15) is 9.18 Å². The molecule has 25 heavy (non-hydrogen) atoms. The zero-order valence-corrected chi connectivity index (χ0v) is 15.3. The summed E-state index contributed by atoms with van der Waals surface area (Å²) >= 11 is 5.74. The first-order chi connectivity index (χ1) is 12.7. The molecule has 0 saturated heterocycles. The van der Waals surface area contributed by atoms with Crippen molar-refractivity contribution in [1.82, 2.24) is 24.9 Å². The Bertz CT molecular complexity index is 882. The van der Waals surface area contributed by atoms with Gasteiger partial charge < -0.3 is 9.64 Å². The van der Waals surface area contributed by atoms with Gasteiger partial charge in [-0.05, 0) is 33.8 Å². The second kappa shape index (κ2) is 6.95. The molecule has 0 spiro atoms. The second-order valence-corrected chi connectivity index (χ2v) is 6.81. The number of pyridine rings is 1. The van der Waals surface area contributed by atoms with Crippen molar-refractivity contribution in [2.45, 2.75) is 39.3 Å². The first-order valence-corrected chi connectivity index (χ1v) is 7.84. The Hall–Kier alpha value is -2.22. The molecule has 136 valence electrons. The molecule has 0 N–H and O–H groups in total. The molecule has 2 rings (SSSR count). The Labute approximate surface area is 155 Å². The third-order valence-electron chi connectivity index (χ3n) is 3.40. The molecule has 0 saturated carbocycles. The van der Waals surface area contributed by atoms with Crippen molar-refractivity contribution in [2.75, 3.05) is 7.05 Å². The molecule has 1 unspecified atom stereocenters. The average molecular weight is 373 g/mol. The Balaban J connectivity index is 2.55. The van der Waals surface area contributed by atoms with Crippen LogP contribution in [0.1, 0.15) is 43.5 Å². The van der Waals surface area contributed by atoms with Gasteiger partial charge in [-0.2, -0.15) is 15.0 Å². The van der Waals surface area contributed by atoms with Gasteiger partial charge in [-0.15, -0.1) is 0 Å². The van der Waals surface area contributed by atoms with Gasteiger partial charge in [0.25, 0.3) is 0 Å². The second-order valence-electron chi connectivity index (χ2n) is 6.45. The number of carbonyl (C=O) groups excluding carboxylic acids is 1. The lowest BCUT2D eigenvalue weighted by Gasteiger charge is -2.28. The summed E-state index contributed by atoms with van der Waals surface area (Å²) in [6.07, 6.45) is 0.615. The number of aryl methyl sites for hydroxylation is 1. The van der Waals surface area contributed by atoms with Crippen molar-refractivity contribution in [3.05, 3.63) is 28.9 Å². The summed E-state index contributed by atoms with van der Waals surface area (Å²) in [5.41, 5.74) is -0.781. The van der Waals surface area contributed by atoms with Crippen LogP contribution in [-0.2, 0) is 11.7 Å². The van der Waals surface area contributed by atoms with Gasteiger partial charge in [-0.25, -0.2) is 14.2 Å². The Kier molecular flexibility index (Phi) is 4.19. The van der Waals surface area contributed by atoms with Gasteiger partial charge in [0.05, 0.1) is 6.04 Å². The van der Waals surface area contributed by atoms with Crippen molar-refractivity contribution in [1.29, 1.82) is 0 Å². The number of rotatable bonds is 3. The molecule has 2 heterocycles. The van der Waals surface area contributed by atoms with Crippen LogP contribution in [0.3, 0.4) is 0 Å². The van der Waals surface area contributed by atoms with E-state index in [1.807, 2.05) is 0 Å². The lowest BCUT2D eigenvalue weighted by atomic mass is 10.1. The average Bonchev–Trinajstić information content (AvgIpc) is 2.99. The first kappa shape index (κ1) is 15.1. The molecule has 1 atom stereocenters. The number of hydrogen-bond acceptors (Lipinski definition) is 5. The summed E-state index contributed by atoms with van der Waals surface area (Å²) in [7, 11) is 1.47. The van der Waals surface area contributed by atoms with Crippen LogP contribution in [-0.4, -0.2) is 43.6 Å². The first-order valence-electron chi connectivity index (χ1n) is 8.96. The number of hydrogen-bond donors (Lipinski definition) is 0. The van der Waals surface area contributed by atoms with E-state index in [0.29, 0.717) is 4.80 Å². The fraction of sp³-hybridized carbons (Fsp3) is 0.500. The molecule has 0 aliphatic carbocycles. The van der Waals surface area contributed by atoms with E-state index >= 15 is 0 Å². The van der Waals surface area contributed by atoms with Gasteiger partial charge in [0.15, 0.2) is 11.0 Å². The molecule has 0 fully saturated rings. The lowest BCUT2D eigenvalue weighted by Crippen LogP contribution is -2.36. The summed E-state index contributed by atoms with van der Waals surface area (Å²) in [5.74, 6) is -0.866. The molecule has 2 aromatic heterocycles. The lowest BCUT2D eigenvalue weighted by molar-refractivity contribution is 0.0230. The normalized spacial score (nSPS) is 15.1. The Morgan fingerprint density at radius 1 is 1.48 bits per heavy atom. The zero-order chi connectivity index (χ0) is 21.4. The van der Waals surface area contributed by atoms with Crippen LogP contribution in [0.25, 0.3) is 11.3 Å². The minimum absolute atomic E-state index is 0.0548. The summed E-state index contributed by atoms with van der Waals surface area (Å²) in [5, 5.41) is 7.53. The maximum atomic E-state index is 14.5. The minimum Gasteiger partial charge on any atom is -0.444 e. The molecule has 0 radical (unpaired) electrons. The molecule has 0 bridgehead atoms. The third kappa shape index (κ3) is 4.25. The molecule has 7 nitrogen and oxygen atoms in total. The summed E-state index contributed by atoms with van der Waals surface area (Å²) < 4.78 is 42.4. The van der Waals surface area contributed by atoms with Crippen molar-refractivity contribution >= 4 is 17.7 Å². The highest BCUT2D eigenvalue weighted by Crippen LogP contribution is 2.31. The number of aromatic nitrogens is 4. The number of halogens is 2. The number of amides is 1. The van der Waals surface area contributed by atoms with Gasteiger partial charge in [0.2, 0.25) is 0 Å². The molecule has 0 aliphatic heterocycles. The molecule has 9 heteroatoms. The molecule has 0 aromatic carbocycles. The van der Waals surface area contributed by atoms with Crippen molar-refractivity contribution in [2.24, 2.45) is 6.98 Å². The topological polar surface area (TPSA) is 73.1 Å². The smallest absolute Gasteiger partial charge is 0.410 e. The predicted octanol–water partition coefficient (Wildman–Crippen LogP) is 3.60. The Morgan fingerprint density at radius 2 is 2.16 bits per heavy atom. The molecular weight excluding hydrogens is 349 g/mol. The third-order valence-corrected chi connectivity index (χ3v) is 3.66. The Morgan fingerprint density at radius 3 is 2.76 bits per heavy atom. The summed E-state index contributed by atoms with van der Waals surface area (Å²) in [4.78, 5) is 17.7. The highest BCUT2D eigenvalue weighted by molar-refractivity contribution is 6.29. The van der Waals surface area contributed by atoms with E-state index in [0.717, 1.165) is 0 Å². The standard InChI is InChI=1S/C16H21ClFN5O2/c1-9(22(5)15(24)25-16(2,3)4)12-13(21-23(6)20-12)10-7-8-19-14(17)11(10)18/h7-9H,1-6H3/i6D3. The summed E-state index contributed by atoms with van der Waals surface area (Å²) in [6.45, 7) is 4.06. The summed E-state index contributed by atoms with van der Waals surface area (Å²) in [6, 6.07) is 0.533. The van der Waals surface area contributed by atoms with Crippen LogP contribution in [0.5, 0.6) is 0 Å². The van der Waals surface area contributed by atoms with Crippen molar-refractivity contribution in [3.8, 4) is 11.3 Å².